The van der Waals surface area contributed by atoms with Crippen molar-refractivity contribution in [2.45, 2.75) is 57.1 Å². The van der Waals surface area contributed by atoms with Gasteiger partial charge >= 0.3 is 5.97 Å². The van der Waals surface area contributed by atoms with Crippen LogP contribution in [0.2, 0.25) is 0 Å². The average molecular weight is 450 g/mol. The van der Waals surface area contributed by atoms with E-state index >= 15 is 0 Å². The summed E-state index contributed by atoms with van der Waals surface area (Å²) in [7, 11) is -3.49. The monoisotopic (exact) mass is 449 g/mol. The maximum atomic E-state index is 12.9. The number of amides is 1. The first-order valence-electron chi connectivity index (χ1n) is 10.1. The highest BCUT2D eigenvalue weighted by atomic mass is 32.2. The lowest BCUT2D eigenvalue weighted by atomic mass is 9.88. The summed E-state index contributed by atoms with van der Waals surface area (Å²) in [6.45, 7) is 7.38. The van der Waals surface area contributed by atoms with Crippen LogP contribution in [0, 0.1) is 5.92 Å². The summed E-state index contributed by atoms with van der Waals surface area (Å²) >= 11 is 1.41. The number of carbonyl (C=O) groups excluding carboxylic acids is 2. The molecule has 0 fully saturated rings. The first-order chi connectivity index (χ1) is 14.1. The van der Waals surface area contributed by atoms with Crippen molar-refractivity contribution < 1.29 is 22.7 Å². The number of esters is 1. The van der Waals surface area contributed by atoms with Gasteiger partial charge in [0.15, 0.2) is 9.84 Å². The largest absolute Gasteiger partial charge is 0.462 e. The molecule has 1 atom stereocenters. The number of carbonyl (C=O) groups is 2. The Morgan fingerprint density at radius 1 is 1.30 bits per heavy atom. The molecule has 1 aliphatic carbocycles. The van der Waals surface area contributed by atoms with Gasteiger partial charge in [0.25, 0.3) is 5.91 Å². The molecule has 8 heteroatoms. The van der Waals surface area contributed by atoms with E-state index < -0.39 is 27.0 Å². The van der Waals surface area contributed by atoms with E-state index in [1.54, 1.807) is 32.9 Å². The van der Waals surface area contributed by atoms with Crippen LogP contribution in [0.15, 0.2) is 29.2 Å². The summed E-state index contributed by atoms with van der Waals surface area (Å²) in [5, 5.41) is 2.71. The molecule has 30 heavy (non-hydrogen) atoms. The zero-order valence-corrected chi connectivity index (χ0v) is 19.3. The van der Waals surface area contributed by atoms with Gasteiger partial charge in [0.1, 0.15) is 5.00 Å². The van der Waals surface area contributed by atoms with Crippen molar-refractivity contribution in [3.05, 3.63) is 45.8 Å². The number of rotatable bonds is 6. The number of hydrogen-bond donors (Lipinski definition) is 1. The minimum atomic E-state index is -3.49. The molecule has 0 bridgehead atoms. The highest BCUT2D eigenvalue weighted by Gasteiger charge is 2.29. The zero-order valence-electron chi connectivity index (χ0n) is 17.7. The third kappa shape index (κ3) is 4.44. The van der Waals surface area contributed by atoms with Gasteiger partial charge in [-0.1, -0.05) is 13.0 Å². The van der Waals surface area contributed by atoms with E-state index in [0.717, 1.165) is 29.7 Å². The molecular formula is C22H27NO5S2. The molecule has 0 saturated carbocycles. The van der Waals surface area contributed by atoms with Crippen LogP contribution in [-0.4, -0.2) is 32.2 Å². The Hall–Kier alpha value is -2.19. The summed E-state index contributed by atoms with van der Waals surface area (Å²) in [5.41, 5.74) is 1.62. The van der Waals surface area contributed by atoms with Gasteiger partial charge in [-0.05, 0) is 69.7 Å². The molecule has 0 spiro atoms. The Morgan fingerprint density at radius 2 is 2.03 bits per heavy atom. The number of fused-ring (bicyclic) bond motifs is 1. The van der Waals surface area contributed by atoms with Crippen LogP contribution >= 0.6 is 11.3 Å². The van der Waals surface area contributed by atoms with Crippen molar-refractivity contribution in [2.24, 2.45) is 5.92 Å². The van der Waals surface area contributed by atoms with E-state index in [-0.39, 0.29) is 17.1 Å². The van der Waals surface area contributed by atoms with Crippen LogP contribution in [0.4, 0.5) is 5.00 Å². The van der Waals surface area contributed by atoms with Gasteiger partial charge in [0, 0.05) is 10.4 Å². The molecule has 0 saturated heterocycles. The second kappa shape index (κ2) is 8.89. The highest BCUT2D eigenvalue weighted by Crippen LogP contribution is 2.40. The standard InChI is InChI=1S/C22H27NO5S2/c1-5-28-22(25)19-17-10-9-14(4)11-18(17)29-21(19)23-20(24)15-7-6-8-16(12-15)30(26,27)13(2)3/h6-8,12-14H,5,9-11H2,1-4H3,(H,23,24). The van der Waals surface area contributed by atoms with Crippen LogP contribution in [0.3, 0.4) is 0 Å². The van der Waals surface area contributed by atoms with E-state index in [2.05, 4.69) is 12.2 Å². The van der Waals surface area contributed by atoms with Crippen molar-refractivity contribution in [1.29, 1.82) is 0 Å². The van der Waals surface area contributed by atoms with E-state index in [1.165, 1.54) is 23.5 Å². The maximum Gasteiger partial charge on any atom is 0.341 e. The van der Waals surface area contributed by atoms with Gasteiger partial charge in [-0.25, -0.2) is 13.2 Å². The van der Waals surface area contributed by atoms with E-state index in [1.807, 2.05) is 0 Å². The predicted molar refractivity (Wildman–Crippen MR) is 118 cm³/mol. The Labute approximate surface area is 181 Å². The van der Waals surface area contributed by atoms with Gasteiger partial charge in [0.05, 0.1) is 22.3 Å². The predicted octanol–water partition coefficient (Wildman–Crippen LogP) is 4.48. The summed E-state index contributed by atoms with van der Waals surface area (Å²) in [5.74, 6) is -0.364. The molecule has 1 unspecified atom stereocenters. The van der Waals surface area contributed by atoms with Crippen molar-refractivity contribution in [3.8, 4) is 0 Å². The topological polar surface area (TPSA) is 89.5 Å². The molecule has 6 nitrogen and oxygen atoms in total. The number of ether oxygens (including phenoxy) is 1. The minimum Gasteiger partial charge on any atom is -0.462 e. The Kier molecular flexibility index (Phi) is 6.67. The van der Waals surface area contributed by atoms with E-state index in [9.17, 15) is 18.0 Å². The zero-order chi connectivity index (χ0) is 22.1. The third-order valence-electron chi connectivity index (χ3n) is 5.26. The molecule has 0 aliphatic heterocycles. The lowest BCUT2D eigenvalue weighted by molar-refractivity contribution is 0.0526. The van der Waals surface area contributed by atoms with Crippen LogP contribution in [-0.2, 0) is 27.4 Å². The first kappa shape index (κ1) is 22.5. The van der Waals surface area contributed by atoms with Crippen molar-refractivity contribution in [3.63, 3.8) is 0 Å². The maximum absolute atomic E-state index is 12.9. The average Bonchev–Trinajstić information content (AvgIpc) is 3.04. The summed E-state index contributed by atoms with van der Waals surface area (Å²) < 4.78 is 30.1. The minimum absolute atomic E-state index is 0.107. The molecule has 0 radical (unpaired) electrons. The molecule has 1 N–H and O–H groups in total. The Morgan fingerprint density at radius 3 is 2.70 bits per heavy atom. The lowest BCUT2D eigenvalue weighted by Gasteiger charge is -2.18. The fraction of sp³-hybridized carbons (Fsp3) is 0.455. The summed E-state index contributed by atoms with van der Waals surface area (Å²) in [6, 6.07) is 5.98. The Balaban J connectivity index is 1.95. The van der Waals surface area contributed by atoms with Crippen LogP contribution in [0.1, 0.15) is 65.3 Å². The number of anilines is 1. The van der Waals surface area contributed by atoms with Crippen molar-refractivity contribution in [2.75, 3.05) is 11.9 Å². The number of benzene rings is 1. The lowest BCUT2D eigenvalue weighted by Crippen LogP contribution is -2.18. The van der Waals surface area contributed by atoms with Gasteiger partial charge in [-0.2, -0.15) is 0 Å². The van der Waals surface area contributed by atoms with E-state index in [4.69, 9.17) is 4.74 Å². The van der Waals surface area contributed by atoms with Gasteiger partial charge < -0.3 is 10.1 Å². The van der Waals surface area contributed by atoms with Crippen LogP contribution < -0.4 is 5.32 Å². The normalized spacial score (nSPS) is 16.2. The SMILES string of the molecule is CCOC(=O)c1c(NC(=O)c2cccc(S(=O)(=O)C(C)C)c2)sc2c1CCC(C)C2. The smallest absolute Gasteiger partial charge is 0.341 e. The molecular weight excluding hydrogens is 422 g/mol. The first-order valence-corrected chi connectivity index (χ1v) is 12.5. The summed E-state index contributed by atoms with van der Waals surface area (Å²) in [4.78, 5) is 26.7. The quantitative estimate of drug-likeness (QED) is 0.657. The number of nitrogens with one attached hydrogen (secondary N) is 1. The van der Waals surface area contributed by atoms with Gasteiger partial charge in [-0.15, -0.1) is 11.3 Å². The number of thiophene rings is 1. The fourth-order valence-corrected chi connectivity index (χ4v) is 6.02. The highest BCUT2D eigenvalue weighted by molar-refractivity contribution is 7.92. The molecule has 3 rings (SSSR count). The molecule has 1 aromatic carbocycles. The van der Waals surface area contributed by atoms with Crippen molar-refractivity contribution in [1.82, 2.24) is 0 Å². The number of hydrogen-bond acceptors (Lipinski definition) is 6. The van der Waals surface area contributed by atoms with Crippen molar-refractivity contribution >= 4 is 38.1 Å². The summed E-state index contributed by atoms with van der Waals surface area (Å²) in [6.07, 6.45) is 2.63. The van der Waals surface area contributed by atoms with Crippen LogP contribution in [0.5, 0.6) is 0 Å². The number of sulfone groups is 1. The molecule has 1 heterocycles. The van der Waals surface area contributed by atoms with Crippen LogP contribution in [0.25, 0.3) is 0 Å². The van der Waals surface area contributed by atoms with Gasteiger partial charge in [0.2, 0.25) is 0 Å². The fourth-order valence-electron chi connectivity index (χ4n) is 3.52. The molecule has 1 amide bonds. The Bertz CT molecular complexity index is 1070. The second-order valence-corrected chi connectivity index (χ2v) is 11.5. The molecule has 162 valence electrons. The third-order valence-corrected chi connectivity index (χ3v) is 8.59. The second-order valence-electron chi connectivity index (χ2n) is 7.85. The molecule has 2 aromatic rings. The van der Waals surface area contributed by atoms with E-state index in [0.29, 0.717) is 16.5 Å². The molecule has 1 aromatic heterocycles. The van der Waals surface area contributed by atoms with Gasteiger partial charge in [-0.3, -0.25) is 4.79 Å². The molecule has 1 aliphatic rings.